The lowest BCUT2D eigenvalue weighted by atomic mass is 10.1. The summed E-state index contributed by atoms with van der Waals surface area (Å²) in [5.74, 6) is 0.834. The highest BCUT2D eigenvalue weighted by molar-refractivity contribution is 7.98. The summed E-state index contributed by atoms with van der Waals surface area (Å²) < 4.78 is 12.7. The number of halogens is 1. The predicted octanol–water partition coefficient (Wildman–Crippen LogP) is 2.69. The van der Waals surface area contributed by atoms with Gasteiger partial charge < -0.3 is 4.90 Å². The van der Waals surface area contributed by atoms with Gasteiger partial charge in [-0.2, -0.15) is 11.8 Å². The summed E-state index contributed by atoms with van der Waals surface area (Å²) in [6.45, 7) is 1.73. The van der Waals surface area contributed by atoms with Gasteiger partial charge in [-0.3, -0.25) is 4.79 Å². The first kappa shape index (κ1) is 14.2. The number of rotatable bonds is 7. The summed E-state index contributed by atoms with van der Waals surface area (Å²) in [5, 5.41) is 0. The molecule has 1 aromatic carbocycles. The van der Waals surface area contributed by atoms with Gasteiger partial charge in [0.05, 0.1) is 0 Å². The van der Waals surface area contributed by atoms with E-state index in [1.807, 2.05) is 7.05 Å². The van der Waals surface area contributed by atoms with Crippen LogP contribution in [0.2, 0.25) is 0 Å². The van der Waals surface area contributed by atoms with Crippen LogP contribution in [0, 0.1) is 5.82 Å². The second kappa shape index (κ2) is 7.45. The molecule has 1 aromatic rings. The van der Waals surface area contributed by atoms with Crippen LogP contribution in [0.4, 0.5) is 4.39 Å². The van der Waals surface area contributed by atoms with Crippen LogP contribution in [0.3, 0.4) is 0 Å². The van der Waals surface area contributed by atoms with Crippen molar-refractivity contribution in [3.8, 4) is 0 Å². The Labute approximate surface area is 106 Å². The Morgan fingerprint density at radius 1 is 1.29 bits per heavy atom. The summed E-state index contributed by atoms with van der Waals surface area (Å²) in [7, 11) is 2.01. The molecule has 0 radical (unpaired) electrons. The number of hydrogen-bond donors (Lipinski definition) is 0. The Morgan fingerprint density at radius 2 is 1.94 bits per heavy atom. The number of ketones is 1. The fourth-order valence-electron chi connectivity index (χ4n) is 1.43. The van der Waals surface area contributed by atoms with Gasteiger partial charge in [0.1, 0.15) is 5.82 Å². The van der Waals surface area contributed by atoms with Gasteiger partial charge in [-0.25, -0.2) is 4.39 Å². The third-order valence-corrected chi connectivity index (χ3v) is 3.15. The Balaban J connectivity index is 2.36. The van der Waals surface area contributed by atoms with Crippen LogP contribution < -0.4 is 0 Å². The van der Waals surface area contributed by atoms with E-state index >= 15 is 0 Å². The topological polar surface area (TPSA) is 20.3 Å². The first-order valence-electron chi connectivity index (χ1n) is 5.59. The maximum Gasteiger partial charge on any atom is 0.164 e. The molecule has 0 saturated carbocycles. The summed E-state index contributed by atoms with van der Waals surface area (Å²) >= 11 is 1.79. The highest BCUT2D eigenvalue weighted by Gasteiger charge is 2.07. The van der Waals surface area contributed by atoms with E-state index in [1.54, 1.807) is 23.9 Å². The molecule has 0 fully saturated rings. The van der Waals surface area contributed by atoms with E-state index in [0.717, 1.165) is 18.8 Å². The minimum absolute atomic E-state index is 0.0704. The van der Waals surface area contributed by atoms with E-state index in [2.05, 4.69) is 11.2 Å². The first-order chi connectivity index (χ1) is 8.13. The van der Waals surface area contributed by atoms with Gasteiger partial charge in [0.25, 0.3) is 0 Å². The van der Waals surface area contributed by atoms with Gasteiger partial charge in [-0.1, -0.05) is 0 Å². The van der Waals surface area contributed by atoms with Crippen LogP contribution in [0.1, 0.15) is 16.8 Å². The third-order valence-electron chi connectivity index (χ3n) is 2.56. The molecular weight excluding hydrogens is 237 g/mol. The molecule has 0 aliphatic rings. The summed E-state index contributed by atoms with van der Waals surface area (Å²) in [6.07, 6.45) is 2.55. The summed E-state index contributed by atoms with van der Waals surface area (Å²) in [4.78, 5) is 13.9. The molecule has 0 aromatic heterocycles. The van der Waals surface area contributed by atoms with Crippen LogP contribution in [-0.2, 0) is 0 Å². The van der Waals surface area contributed by atoms with Gasteiger partial charge in [0, 0.05) is 30.8 Å². The van der Waals surface area contributed by atoms with Crippen molar-refractivity contribution in [1.29, 1.82) is 0 Å². The van der Waals surface area contributed by atoms with Crippen LogP contribution in [-0.4, -0.2) is 42.8 Å². The number of nitrogens with zero attached hydrogens (tertiary/aromatic N) is 1. The van der Waals surface area contributed by atoms with E-state index in [0.29, 0.717) is 12.0 Å². The van der Waals surface area contributed by atoms with Crippen molar-refractivity contribution >= 4 is 17.5 Å². The molecule has 2 nitrogen and oxygen atoms in total. The molecule has 17 heavy (non-hydrogen) atoms. The third kappa shape index (κ3) is 5.33. The second-order valence-corrected chi connectivity index (χ2v) is 4.96. The number of hydrogen-bond acceptors (Lipinski definition) is 3. The molecule has 0 aliphatic heterocycles. The molecule has 0 N–H and O–H groups in total. The number of carbonyl (C=O) groups excluding carboxylic acids is 1. The molecule has 0 atom stereocenters. The fraction of sp³-hybridized carbons (Fsp3) is 0.462. The minimum Gasteiger partial charge on any atom is -0.305 e. The number of carbonyl (C=O) groups is 1. The zero-order chi connectivity index (χ0) is 12.7. The molecule has 0 amide bonds. The molecule has 0 heterocycles. The first-order valence-corrected chi connectivity index (χ1v) is 6.99. The van der Waals surface area contributed by atoms with Crippen molar-refractivity contribution < 1.29 is 9.18 Å². The highest BCUT2D eigenvalue weighted by Crippen LogP contribution is 2.06. The zero-order valence-electron chi connectivity index (χ0n) is 10.3. The van der Waals surface area contributed by atoms with Crippen LogP contribution in [0.25, 0.3) is 0 Å². The lowest BCUT2D eigenvalue weighted by Crippen LogP contribution is -2.24. The maximum absolute atomic E-state index is 12.7. The molecule has 4 heteroatoms. The van der Waals surface area contributed by atoms with Crippen molar-refractivity contribution in [2.45, 2.75) is 6.42 Å². The van der Waals surface area contributed by atoms with Crippen molar-refractivity contribution in [2.24, 2.45) is 0 Å². The van der Waals surface area contributed by atoms with E-state index in [-0.39, 0.29) is 11.6 Å². The van der Waals surface area contributed by atoms with Gasteiger partial charge in [0.15, 0.2) is 5.78 Å². The van der Waals surface area contributed by atoms with Crippen molar-refractivity contribution in [3.05, 3.63) is 35.6 Å². The van der Waals surface area contributed by atoms with E-state index in [9.17, 15) is 9.18 Å². The largest absolute Gasteiger partial charge is 0.305 e. The second-order valence-electron chi connectivity index (χ2n) is 3.98. The molecule has 94 valence electrons. The average Bonchev–Trinajstić information content (AvgIpc) is 2.34. The molecule has 0 bridgehead atoms. The molecule has 0 spiro atoms. The van der Waals surface area contributed by atoms with Crippen LogP contribution in [0.15, 0.2) is 24.3 Å². The van der Waals surface area contributed by atoms with E-state index < -0.39 is 0 Å². The molecular formula is C13H18FNOS. The number of thioether (sulfide) groups is 1. The normalized spacial score (nSPS) is 10.8. The Kier molecular flexibility index (Phi) is 6.22. The predicted molar refractivity (Wildman–Crippen MR) is 71.2 cm³/mol. The Hall–Kier alpha value is -0.870. The zero-order valence-corrected chi connectivity index (χ0v) is 11.1. The van der Waals surface area contributed by atoms with Crippen molar-refractivity contribution in [1.82, 2.24) is 4.90 Å². The van der Waals surface area contributed by atoms with Gasteiger partial charge in [-0.05, 0) is 37.6 Å². The summed E-state index contributed by atoms with van der Waals surface area (Å²) in [5.41, 5.74) is 0.588. The summed E-state index contributed by atoms with van der Waals surface area (Å²) in [6, 6.07) is 5.73. The molecule has 0 aliphatic carbocycles. The van der Waals surface area contributed by atoms with E-state index in [4.69, 9.17) is 0 Å². The monoisotopic (exact) mass is 255 g/mol. The number of benzene rings is 1. The standard InChI is InChI=1S/C13H18FNOS/c1-15(9-10-17-2)8-7-13(16)11-3-5-12(14)6-4-11/h3-6H,7-10H2,1-2H3. The highest BCUT2D eigenvalue weighted by atomic mass is 32.2. The van der Waals surface area contributed by atoms with Crippen LogP contribution >= 0.6 is 11.8 Å². The van der Waals surface area contributed by atoms with Crippen LogP contribution in [0.5, 0.6) is 0 Å². The quantitative estimate of drug-likeness (QED) is 0.699. The van der Waals surface area contributed by atoms with Crippen molar-refractivity contribution in [2.75, 3.05) is 32.1 Å². The SMILES string of the molecule is CSCCN(C)CCC(=O)c1ccc(F)cc1. The van der Waals surface area contributed by atoms with Gasteiger partial charge >= 0.3 is 0 Å². The Morgan fingerprint density at radius 3 is 2.53 bits per heavy atom. The molecule has 0 unspecified atom stereocenters. The number of Topliss-reactive ketones (excluding diaryl/α,β-unsaturated/α-hetero) is 1. The van der Waals surface area contributed by atoms with Gasteiger partial charge in [-0.15, -0.1) is 0 Å². The lowest BCUT2D eigenvalue weighted by Gasteiger charge is -2.14. The fourth-order valence-corrected chi connectivity index (χ4v) is 1.93. The average molecular weight is 255 g/mol. The smallest absolute Gasteiger partial charge is 0.164 e. The van der Waals surface area contributed by atoms with Crippen molar-refractivity contribution in [3.63, 3.8) is 0 Å². The van der Waals surface area contributed by atoms with E-state index in [1.165, 1.54) is 12.1 Å². The molecule has 0 saturated heterocycles. The minimum atomic E-state index is -0.307. The lowest BCUT2D eigenvalue weighted by molar-refractivity contribution is 0.0970. The van der Waals surface area contributed by atoms with Gasteiger partial charge in [0.2, 0.25) is 0 Å². The maximum atomic E-state index is 12.7. The Bertz CT molecular complexity index is 353. The molecule has 1 rings (SSSR count).